The number of fused-ring (bicyclic) bond motifs is 1. The third-order valence-electron chi connectivity index (χ3n) is 3.96. The number of rotatable bonds is 5. The third-order valence-corrected chi connectivity index (χ3v) is 3.96. The molecule has 2 heterocycles. The number of aromatic nitrogens is 3. The Balaban J connectivity index is 1.80. The molecule has 0 radical (unpaired) electrons. The first kappa shape index (κ1) is 14.4. The van der Waals surface area contributed by atoms with Crippen molar-refractivity contribution in [2.24, 2.45) is 7.05 Å². The molecule has 3 aromatic rings. The van der Waals surface area contributed by atoms with Crippen LogP contribution in [0.3, 0.4) is 0 Å². The molecule has 2 aromatic heterocycles. The average molecular weight is 296 g/mol. The number of imidazole rings is 1. The number of carbonyl (C=O) groups excluding carboxylic acids is 1. The Morgan fingerprint density at radius 1 is 1.36 bits per heavy atom. The predicted octanol–water partition coefficient (Wildman–Crippen LogP) is 2.58. The molecule has 0 spiro atoms. The number of benzene rings is 1. The summed E-state index contributed by atoms with van der Waals surface area (Å²) in [5.41, 5.74) is 1.79. The van der Waals surface area contributed by atoms with E-state index in [9.17, 15) is 4.79 Å². The van der Waals surface area contributed by atoms with Crippen molar-refractivity contribution in [1.29, 1.82) is 0 Å². The molecule has 0 bridgehead atoms. The number of para-hydroxylation sites is 1. The maximum Gasteiger partial charge on any atom is 0.253 e. The molecule has 1 aromatic carbocycles. The smallest absolute Gasteiger partial charge is 0.253 e. The standard InChI is InChI=1S/C17H20N4O/c1-3-13(10-21-9-8-18-12-21)19-17(22)15-11-20(2)16-7-5-4-6-14(15)16/h4-9,11-13H,3,10H2,1-2H3,(H,19,22). The fourth-order valence-corrected chi connectivity index (χ4v) is 2.71. The highest BCUT2D eigenvalue weighted by Crippen LogP contribution is 2.20. The molecule has 0 aliphatic heterocycles. The topological polar surface area (TPSA) is 51.9 Å². The van der Waals surface area contributed by atoms with Gasteiger partial charge in [0.1, 0.15) is 0 Å². The largest absolute Gasteiger partial charge is 0.350 e. The molecule has 0 saturated heterocycles. The van der Waals surface area contributed by atoms with Crippen LogP contribution in [0.5, 0.6) is 0 Å². The van der Waals surface area contributed by atoms with Gasteiger partial charge in [0.25, 0.3) is 5.91 Å². The van der Waals surface area contributed by atoms with Gasteiger partial charge in [-0.1, -0.05) is 25.1 Å². The van der Waals surface area contributed by atoms with Gasteiger partial charge < -0.3 is 14.5 Å². The van der Waals surface area contributed by atoms with Crippen LogP contribution in [0.4, 0.5) is 0 Å². The summed E-state index contributed by atoms with van der Waals surface area (Å²) in [5.74, 6) is -0.0243. The fraction of sp³-hybridized carbons (Fsp3) is 0.294. The number of hydrogen-bond acceptors (Lipinski definition) is 2. The molecule has 114 valence electrons. The van der Waals surface area contributed by atoms with E-state index in [1.165, 1.54) is 0 Å². The van der Waals surface area contributed by atoms with E-state index in [1.807, 2.05) is 52.8 Å². The maximum absolute atomic E-state index is 12.6. The van der Waals surface area contributed by atoms with Gasteiger partial charge in [-0.2, -0.15) is 0 Å². The Hall–Kier alpha value is -2.56. The molecule has 1 amide bonds. The summed E-state index contributed by atoms with van der Waals surface area (Å²) in [5, 5.41) is 4.11. The van der Waals surface area contributed by atoms with Gasteiger partial charge in [0.05, 0.1) is 11.9 Å². The summed E-state index contributed by atoms with van der Waals surface area (Å²) < 4.78 is 3.97. The first-order valence-corrected chi connectivity index (χ1v) is 7.49. The normalized spacial score (nSPS) is 12.5. The van der Waals surface area contributed by atoms with Crippen LogP contribution in [0.2, 0.25) is 0 Å². The lowest BCUT2D eigenvalue weighted by molar-refractivity contribution is 0.0933. The Morgan fingerprint density at radius 3 is 2.91 bits per heavy atom. The summed E-state index contributed by atoms with van der Waals surface area (Å²) in [6.45, 7) is 2.80. The molecule has 0 aliphatic rings. The molecule has 1 unspecified atom stereocenters. The van der Waals surface area contributed by atoms with Crippen LogP contribution in [-0.2, 0) is 13.6 Å². The second-order valence-electron chi connectivity index (χ2n) is 5.51. The van der Waals surface area contributed by atoms with Gasteiger partial charge in [-0.15, -0.1) is 0 Å². The molecule has 0 aliphatic carbocycles. The highest BCUT2D eigenvalue weighted by Gasteiger charge is 2.17. The van der Waals surface area contributed by atoms with Crippen molar-refractivity contribution in [2.45, 2.75) is 25.9 Å². The van der Waals surface area contributed by atoms with Crippen LogP contribution >= 0.6 is 0 Å². The van der Waals surface area contributed by atoms with Crippen molar-refractivity contribution in [3.63, 3.8) is 0 Å². The molecule has 3 rings (SSSR count). The molecule has 5 heteroatoms. The number of nitrogens with zero attached hydrogens (tertiary/aromatic N) is 3. The summed E-state index contributed by atoms with van der Waals surface area (Å²) in [7, 11) is 1.96. The lowest BCUT2D eigenvalue weighted by atomic mass is 10.1. The van der Waals surface area contributed by atoms with Gasteiger partial charge in [0.2, 0.25) is 0 Å². The maximum atomic E-state index is 12.6. The molecular weight excluding hydrogens is 276 g/mol. The number of nitrogens with one attached hydrogen (secondary N) is 1. The second-order valence-corrected chi connectivity index (χ2v) is 5.51. The van der Waals surface area contributed by atoms with Crippen molar-refractivity contribution in [1.82, 2.24) is 19.4 Å². The zero-order chi connectivity index (χ0) is 15.5. The molecule has 5 nitrogen and oxygen atoms in total. The second kappa shape index (κ2) is 6.05. The number of hydrogen-bond donors (Lipinski definition) is 1. The Bertz CT molecular complexity index is 773. The van der Waals surface area contributed by atoms with E-state index in [4.69, 9.17) is 0 Å². The average Bonchev–Trinajstić information content (AvgIpc) is 3.15. The third kappa shape index (κ3) is 2.74. The zero-order valence-electron chi connectivity index (χ0n) is 12.9. The lowest BCUT2D eigenvalue weighted by Crippen LogP contribution is -2.37. The summed E-state index contributed by atoms with van der Waals surface area (Å²) in [6.07, 6.45) is 8.19. The van der Waals surface area contributed by atoms with Crippen molar-refractivity contribution in [3.05, 3.63) is 54.7 Å². The summed E-state index contributed by atoms with van der Waals surface area (Å²) in [6, 6.07) is 8.04. The first-order chi connectivity index (χ1) is 10.7. The molecule has 0 saturated carbocycles. The van der Waals surface area contributed by atoms with Crippen LogP contribution in [-0.4, -0.2) is 26.1 Å². The number of aryl methyl sites for hydroxylation is 1. The van der Waals surface area contributed by atoms with Crippen molar-refractivity contribution in [2.75, 3.05) is 0 Å². The van der Waals surface area contributed by atoms with Crippen molar-refractivity contribution in [3.8, 4) is 0 Å². The number of amides is 1. The molecule has 22 heavy (non-hydrogen) atoms. The van der Waals surface area contributed by atoms with Gasteiger partial charge >= 0.3 is 0 Å². The van der Waals surface area contributed by atoms with Gasteiger partial charge in [0.15, 0.2) is 0 Å². The van der Waals surface area contributed by atoms with Crippen molar-refractivity contribution < 1.29 is 4.79 Å². The van der Waals surface area contributed by atoms with Gasteiger partial charge in [-0.3, -0.25) is 4.79 Å². The summed E-state index contributed by atoms with van der Waals surface area (Å²) >= 11 is 0. The molecule has 1 atom stereocenters. The first-order valence-electron chi connectivity index (χ1n) is 7.49. The van der Waals surface area contributed by atoms with Crippen LogP contribution < -0.4 is 5.32 Å². The van der Waals surface area contributed by atoms with E-state index in [0.717, 1.165) is 29.4 Å². The van der Waals surface area contributed by atoms with Crippen LogP contribution in [0, 0.1) is 0 Å². The quantitative estimate of drug-likeness (QED) is 0.787. The van der Waals surface area contributed by atoms with Gasteiger partial charge in [0, 0.05) is 49.1 Å². The predicted molar refractivity (Wildman–Crippen MR) is 86.7 cm³/mol. The molecular formula is C17H20N4O. The highest BCUT2D eigenvalue weighted by molar-refractivity contribution is 6.07. The van der Waals surface area contributed by atoms with Crippen molar-refractivity contribution >= 4 is 16.8 Å². The minimum atomic E-state index is -0.0243. The van der Waals surface area contributed by atoms with Crippen LogP contribution in [0.25, 0.3) is 10.9 Å². The highest BCUT2D eigenvalue weighted by atomic mass is 16.1. The van der Waals surface area contributed by atoms with E-state index in [2.05, 4.69) is 17.2 Å². The van der Waals surface area contributed by atoms with Gasteiger partial charge in [-0.05, 0) is 12.5 Å². The lowest BCUT2D eigenvalue weighted by Gasteiger charge is -2.17. The van der Waals surface area contributed by atoms with E-state index in [-0.39, 0.29) is 11.9 Å². The minimum absolute atomic E-state index is 0.0243. The van der Waals surface area contributed by atoms with Crippen LogP contribution in [0.1, 0.15) is 23.7 Å². The van der Waals surface area contributed by atoms with E-state index < -0.39 is 0 Å². The van der Waals surface area contributed by atoms with E-state index in [0.29, 0.717) is 0 Å². The number of carbonyl (C=O) groups is 1. The molecule has 1 N–H and O–H groups in total. The molecule has 0 fully saturated rings. The monoisotopic (exact) mass is 296 g/mol. The Morgan fingerprint density at radius 2 is 2.18 bits per heavy atom. The Kier molecular flexibility index (Phi) is 3.96. The zero-order valence-corrected chi connectivity index (χ0v) is 12.9. The van der Waals surface area contributed by atoms with Crippen LogP contribution in [0.15, 0.2) is 49.2 Å². The minimum Gasteiger partial charge on any atom is -0.350 e. The van der Waals surface area contributed by atoms with Gasteiger partial charge in [-0.25, -0.2) is 4.98 Å². The fourth-order valence-electron chi connectivity index (χ4n) is 2.71. The van der Waals surface area contributed by atoms with E-state index in [1.54, 1.807) is 12.5 Å². The SMILES string of the molecule is CCC(Cn1ccnc1)NC(=O)c1cn(C)c2ccccc12. The Labute approximate surface area is 129 Å². The summed E-state index contributed by atoms with van der Waals surface area (Å²) in [4.78, 5) is 16.7. The van der Waals surface area contributed by atoms with E-state index >= 15 is 0 Å².